The molecule has 26 heavy (non-hydrogen) atoms. The fraction of sp³-hybridized carbons (Fsp3) is 0.150. The maximum atomic E-state index is 12.4. The quantitative estimate of drug-likeness (QED) is 0.608. The van der Waals surface area contributed by atoms with Crippen molar-refractivity contribution in [1.29, 1.82) is 0 Å². The Morgan fingerprint density at radius 2 is 1.73 bits per heavy atom. The molecule has 1 N–H and O–H groups in total. The molecule has 3 rings (SSSR count). The van der Waals surface area contributed by atoms with Crippen LogP contribution < -0.4 is 10.1 Å². The molecule has 0 saturated carbocycles. The summed E-state index contributed by atoms with van der Waals surface area (Å²) < 4.78 is 11.0. The smallest absolute Gasteiger partial charge is 0.287 e. The molecule has 0 aliphatic carbocycles. The lowest BCUT2D eigenvalue weighted by Gasteiger charge is -2.09. The molecule has 1 amide bonds. The molecule has 0 radical (unpaired) electrons. The van der Waals surface area contributed by atoms with Gasteiger partial charge >= 0.3 is 0 Å². The van der Waals surface area contributed by atoms with Crippen molar-refractivity contribution in [1.82, 2.24) is 5.32 Å². The third kappa shape index (κ3) is 4.59. The Hall–Kier alpha value is -2.43. The van der Waals surface area contributed by atoms with E-state index in [9.17, 15) is 4.79 Å². The summed E-state index contributed by atoms with van der Waals surface area (Å²) >= 11 is 12.3. The topological polar surface area (TPSA) is 51.5 Å². The second kappa shape index (κ2) is 8.79. The molecule has 6 heteroatoms. The molecule has 0 saturated heterocycles. The van der Waals surface area contributed by atoms with Crippen molar-refractivity contribution in [2.24, 2.45) is 0 Å². The highest BCUT2D eigenvalue weighted by Crippen LogP contribution is 2.24. The molecule has 3 aromatic rings. The Kier molecular flexibility index (Phi) is 6.21. The van der Waals surface area contributed by atoms with Gasteiger partial charge in [0.2, 0.25) is 0 Å². The SMILES string of the molecule is O=C(NCCc1c(Cl)cccc1Cl)c1occc1COc1ccccc1. The molecule has 1 heterocycles. The van der Waals surface area contributed by atoms with Crippen LogP contribution in [0.3, 0.4) is 0 Å². The zero-order valence-corrected chi connectivity index (χ0v) is 15.4. The van der Waals surface area contributed by atoms with Crippen molar-refractivity contribution in [3.8, 4) is 5.75 Å². The van der Waals surface area contributed by atoms with Crippen LogP contribution in [0.4, 0.5) is 0 Å². The first-order valence-corrected chi connectivity index (χ1v) is 8.86. The summed E-state index contributed by atoms with van der Waals surface area (Å²) in [6, 6.07) is 16.5. The van der Waals surface area contributed by atoms with Crippen LogP contribution in [-0.2, 0) is 13.0 Å². The third-order valence-corrected chi connectivity index (χ3v) is 4.52. The minimum atomic E-state index is -0.301. The largest absolute Gasteiger partial charge is 0.489 e. The van der Waals surface area contributed by atoms with Gasteiger partial charge in [0.05, 0.1) is 6.26 Å². The summed E-state index contributed by atoms with van der Waals surface area (Å²) in [7, 11) is 0. The van der Waals surface area contributed by atoms with E-state index in [1.54, 1.807) is 24.3 Å². The number of furan rings is 1. The van der Waals surface area contributed by atoms with Crippen molar-refractivity contribution in [2.75, 3.05) is 6.54 Å². The monoisotopic (exact) mass is 389 g/mol. The number of hydrogen-bond acceptors (Lipinski definition) is 3. The molecule has 0 aliphatic heterocycles. The number of amides is 1. The molecule has 0 bridgehead atoms. The Balaban J connectivity index is 1.56. The number of para-hydroxylation sites is 1. The van der Waals surface area contributed by atoms with E-state index in [2.05, 4.69) is 5.32 Å². The lowest BCUT2D eigenvalue weighted by atomic mass is 10.1. The summed E-state index contributed by atoms with van der Waals surface area (Å²) in [6.45, 7) is 0.640. The number of carbonyl (C=O) groups is 1. The van der Waals surface area contributed by atoms with Gasteiger partial charge in [-0.3, -0.25) is 4.79 Å². The van der Waals surface area contributed by atoms with Crippen molar-refractivity contribution >= 4 is 29.1 Å². The number of halogens is 2. The first kappa shape index (κ1) is 18.4. The van der Waals surface area contributed by atoms with Crippen LogP contribution in [-0.4, -0.2) is 12.5 Å². The number of hydrogen-bond donors (Lipinski definition) is 1. The predicted octanol–water partition coefficient (Wildman–Crippen LogP) is 5.14. The van der Waals surface area contributed by atoms with E-state index < -0.39 is 0 Å². The number of rotatable bonds is 7. The van der Waals surface area contributed by atoms with E-state index in [0.29, 0.717) is 28.6 Å². The number of carbonyl (C=O) groups excluding carboxylic acids is 1. The molecule has 0 unspecified atom stereocenters. The average Bonchev–Trinajstić information content (AvgIpc) is 3.12. The number of nitrogens with one attached hydrogen (secondary N) is 1. The lowest BCUT2D eigenvalue weighted by molar-refractivity contribution is 0.0923. The summed E-state index contributed by atoms with van der Waals surface area (Å²) in [6.07, 6.45) is 2.00. The maximum absolute atomic E-state index is 12.4. The fourth-order valence-corrected chi connectivity index (χ4v) is 3.07. The summed E-state index contributed by atoms with van der Waals surface area (Å²) in [5.74, 6) is 0.671. The van der Waals surface area contributed by atoms with E-state index in [0.717, 1.165) is 11.3 Å². The molecule has 0 fully saturated rings. The molecule has 134 valence electrons. The lowest BCUT2D eigenvalue weighted by Crippen LogP contribution is -2.26. The molecule has 1 aromatic heterocycles. The fourth-order valence-electron chi connectivity index (χ4n) is 2.48. The van der Waals surface area contributed by atoms with Crippen molar-refractivity contribution in [2.45, 2.75) is 13.0 Å². The second-order valence-electron chi connectivity index (χ2n) is 5.58. The Labute approximate surface area is 161 Å². The van der Waals surface area contributed by atoms with Crippen LogP contribution in [0, 0.1) is 0 Å². The first-order valence-electron chi connectivity index (χ1n) is 8.10. The minimum absolute atomic E-state index is 0.242. The van der Waals surface area contributed by atoms with Crippen molar-refractivity contribution in [3.05, 3.63) is 87.8 Å². The zero-order chi connectivity index (χ0) is 18.4. The van der Waals surface area contributed by atoms with Gasteiger partial charge in [0.25, 0.3) is 5.91 Å². The van der Waals surface area contributed by atoms with Crippen LogP contribution in [0.2, 0.25) is 10.0 Å². The van der Waals surface area contributed by atoms with E-state index >= 15 is 0 Å². The van der Waals surface area contributed by atoms with E-state index in [-0.39, 0.29) is 18.3 Å². The average molecular weight is 390 g/mol. The van der Waals surface area contributed by atoms with Gasteiger partial charge in [0.1, 0.15) is 12.4 Å². The Morgan fingerprint density at radius 1 is 1.00 bits per heavy atom. The van der Waals surface area contributed by atoms with Crippen molar-refractivity contribution < 1.29 is 13.9 Å². The number of ether oxygens (including phenoxy) is 1. The van der Waals surface area contributed by atoms with Gasteiger partial charge in [-0.25, -0.2) is 0 Å². The van der Waals surface area contributed by atoms with E-state index in [4.69, 9.17) is 32.4 Å². The minimum Gasteiger partial charge on any atom is -0.489 e. The van der Waals surface area contributed by atoms with Crippen LogP contribution in [0.15, 0.2) is 65.3 Å². The third-order valence-electron chi connectivity index (χ3n) is 3.81. The summed E-state index contributed by atoms with van der Waals surface area (Å²) in [5, 5.41) is 3.99. The molecule has 0 atom stereocenters. The van der Waals surface area contributed by atoms with Gasteiger partial charge in [-0.15, -0.1) is 0 Å². The van der Waals surface area contributed by atoms with E-state index in [1.807, 2.05) is 30.3 Å². The highest BCUT2D eigenvalue weighted by molar-refractivity contribution is 6.36. The summed E-state index contributed by atoms with van der Waals surface area (Å²) in [4.78, 5) is 12.4. The number of benzene rings is 2. The van der Waals surface area contributed by atoms with Gasteiger partial charge in [0.15, 0.2) is 5.76 Å². The van der Waals surface area contributed by atoms with Crippen LogP contribution >= 0.6 is 23.2 Å². The predicted molar refractivity (Wildman–Crippen MR) is 102 cm³/mol. The normalized spacial score (nSPS) is 10.5. The summed E-state index contributed by atoms with van der Waals surface area (Å²) in [5.41, 5.74) is 1.49. The molecule has 0 spiro atoms. The van der Waals surface area contributed by atoms with Gasteiger partial charge in [-0.05, 0) is 42.3 Å². The molecule has 0 aliphatic rings. The maximum Gasteiger partial charge on any atom is 0.287 e. The van der Waals surface area contributed by atoms with Gasteiger partial charge < -0.3 is 14.5 Å². The van der Waals surface area contributed by atoms with Gasteiger partial charge in [-0.2, -0.15) is 0 Å². The highest BCUT2D eigenvalue weighted by Gasteiger charge is 2.16. The van der Waals surface area contributed by atoms with Crippen LogP contribution in [0.5, 0.6) is 5.75 Å². The van der Waals surface area contributed by atoms with Crippen LogP contribution in [0.25, 0.3) is 0 Å². The molecular weight excluding hydrogens is 373 g/mol. The standard InChI is InChI=1S/C20H17Cl2NO3/c21-17-7-4-8-18(22)16(17)9-11-23-20(24)19-14(10-12-25-19)13-26-15-5-2-1-3-6-15/h1-8,10,12H,9,11,13H2,(H,23,24). The van der Waals surface area contributed by atoms with Crippen molar-refractivity contribution in [3.63, 3.8) is 0 Å². The Morgan fingerprint density at radius 3 is 2.46 bits per heavy atom. The van der Waals surface area contributed by atoms with Gasteiger partial charge in [-0.1, -0.05) is 47.5 Å². The molecule has 4 nitrogen and oxygen atoms in total. The molecule has 2 aromatic carbocycles. The zero-order valence-electron chi connectivity index (χ0n) is 13.9. The molecular formula is C20H17Cl2NO3. The second-order valence-corrected chi connectivity index (χ2v) is 6.40. The van der Waals surface area contributed by atoms with Crippen LogP contribution in [0.1, 0.15) is 21.7 Å². The van der Waals surface area contributed by atoms with E-state index in [1.165, 1.54) is 6.26 Å². The van der Waals surface area contributed by atoms with Gasteiger partial charge in [0, 0.05) is 22.2 Å². The highest BCUT2D eigenvalue weighted by atomic mass is 35.5. The Bertz CT molecular complexity index is 858. The first-order chi connectivity index (χ1) is 12.6.